The fraction of sp³-hybridized carbons (Fsp3) is 0.385. The molecule has 3 rings (SSSR count). The van der Waals surface area contributed by atoms with E-state index in [0.29, 0.717) is 5.92 Å². The van der Waals surface area contributed by atoms with E-state index in [2.05, 4.69) is 10.6 Å². The molecule has 1 aliphatic rings. The summed E-state index contributed by atoms with van der Waals surface area (Å²) in [5, 5.41) is 1.13. The molecule has 1 aromatic carbocycles. The lowest BCUT2D eigenvalue weighted by atomic mass is 9.96. The summed E-state index contributed by atoms with van der Waals surface area (Å²) in [6.45, 7) is 1.71. The minimum absolute atomic E-state index is 0.158. The van der Waals surface area contributed by atoms with Gasteiger partial charge in [-0.3, -0.25) is 0 Å². The molecule has 16 heavy (non-hydrogen) atoms. The molecular formula is C13H15FN2. The van der Waals surface area contributed by atoms with Gasteiger partial charge in [0.2, 0.25) is 0 Å². The van der Waals surface area contributed by atoms with Crippen LogP contribution in [0.3, 0.4) is 0 Å². The third-order valence-electron chi connectivity index (χ3n) is 3.54. The summed E-state index contributed by atoms with van der Waals surface area (Å²) in [4.78, 5) is 0. The number of hydrogen-bond acceptors (Lipinski definition) is 1. The van der Waals surface area contributed by atoms with Gasteiger partial charge in [0, 0.05) is 17.6 Å². The zero-order valence-corrected chi connectivity index (χ0v) is 9.12. The van der Waals surface area contributed by atoms with E-state index in [1.165, 1.54) is 11.8 Å². The van der Waals surface area contributed by atoms with Crippen LogP contribution in [0.15, 0.2) is 24.3 Å². The van der Waals surface area contributed by atoms with Crippen LogP contribution in [0.4, 0.5) is 4.39 Å². The number of nitrogens with two attached hydrogens (primary N) is 1. The van der Waals surface area contributed by atoms with Crippen molar-refractivity contribution in [3.8, 4) is 0 Å². The minimum atomic E-state index is -0.158. The van der Waals surface area contributed by atoms with Gasteiger partial charge in [0.15, 0.2) is 0 Å². The van der Waals surface area contributed by atoms with Crippen molar-refractivity contribution in [2.24, 2.45) is 11.7 Å². The first-order valence-electron chi connectivity index (χ1n) is 5.75. The van der Waals surface area contributed by atoms with Crippen LogP contribution in [-0.2, 0) is 13.0 Å². The minimum Gasteiger partial charge on any atom is -0.344 e. The van der Waals surface area contributed by atoms with E-state index in [9.17, 15) is 4.39 Å². The molecule has 0 fully saturated rings. The SMILES string of the molecule is NCC1CCn2c(cc3ccc(F)cc32)C1. The van der Waals surface area contributed by atoms with E-state index in [4.69, 9.17) is 5.73 Å². The van der Waals surface area contributed by atoms with Gasteiger partial charge >= 0.3 is 0 Å². The average molecular weight is 218 g/mol. The van der Waals surface area contributed by atoms with Gasteiger partial charge in [-0.1, -0.05) is 0 Å². The number of halogens is 1. The molecule has 1 atom stereocenters. The molecule has 0 saturated heterocycles. The zero-order chi connectivity index (χ0) is 11.1. The summed E-state index contributed by atoms with van der Waals surface area (Å²) >= 11 is 0. The highest BCUT2D eigenvalue weighted by molar-refractivity contribution is 5.81. The maximum Gasteiger partial charge on any atom is 0.125 e. The van der Waals surface area contributed by atoms with Gasteiger partial charge in [0.1, 0.15) is 5.82 Å². The second kappa shape index (κ2) is 3.59. The molecule has 3 heteroatoms. The third-order valence-corrected chi connectivity index (χ3v) is 3.54. The number of fused-ring (bicyclic) bond motifs is 3. The molecule has 0 saturated carbocycles. The highest BCUT2D eigenvalue weighted by atomic mass is 19.1. The normalized spacial score (nSPS) is 20.0. The van der Waals surface area contributed by atoms with E-state index in [-0.39, 0.29) is 5.82 Å². The van der Waals surface area contributed by atoms with Crippen molar-refractivity contribution in [2.45, 2.75) is 19.4 Å². The lowest BCUT2D eigenvalue weighted by Gasteiger charge is -2.23. The van der Waals surface area contributed by atoms with Crippen molar-refractivity contribution in [3.63, 3.8) is 0 Å². The van der Waals surface area contributed by atoms with Crippen LogP contribution in [0.5, 0.6) is 0 Å². The number of aryl methyl sites for hydroxylation is 1. The van der Waals surface area contributed by atoms with E-state index in [0.717, 1.165) is 36.8 Å². The van der Waals surface area contributed by atoms with Crippen LogP contribution >= 0.6 is 0 Å². The summed E-state index contributed by atoms with van der Waals surface area (Å²) in [6.07, 6.45) is 2.12. The number of hydrogen-bond donors (Lipinski definition) is 1. The lowest BCUT2D eigenvalue weighted by Crippen LogP contribution is -2.24. The van der Waals surface area contributed by atoms with Crippen molar-refractivity contribution in [2.75, 3.05) is 6.54 Å². The standard InChI is InChI=1S/C13H15FN2/c14-11-2-1-10-6-12-5-9(8-15)3-4-16(12)13(10)7-11/h1-2,6-7,9H,3-5,8,15H2. The van der Waals surface area contributed by atoms with Crippen molar-refractivity contribution in [1.29, 1.82) is 0 Å². The fourth-order valence-electron chi connectivity index (χ4n) is 2.63. The molecule has 0 spiro atoms. The number of aromatic nitrogens is 1. The van der Waals surface area contributed by atoms with E-state index >= 15 is 0 Å². The third kappa shape index (κ3) is 1.43. The average Bonchev–Trinajstić information content (AvgIpc) is 2.66. The Balaban J connectivity index is 2.13. The summed E-state index contributed by atoms with van der Waals surface area (Å²) in [7, 11) is 0. The second-order valence-electron chi connectivity index (χ2n) is 4.58. The summed E-state index contributed by atoms with van der Waals surface area (Å²) in [5.41, 5.74) is 8.02. The topological polar surface area (TPSA) is 30.9 Å². The predicted molar refractivity (Wildman–Crippen MR) is 62.8 cm³/mol. The largest absolute Gasteiger partial charge is 0.344 e. The monoisotopic (exact) mass is 218 g/mol. The Bertz CT molecular complexity index is 530. The molecule has 1 unspecified atom stereocenters. The first kappa shape index (κ1) is 9.85. The lowest BCUT2D eigenvalue weighted by molar-refractivity contribution is 0.402. The smallest absolute Gasteiger partial charge is 0.125 e. The molecule has 2 nitrogen and oxygen atoms in total. The second-order valence-corrected chi connectivity index (χ2v) is 4.58. The maximum atomic E-state index is 13.2. The van der Waals surface area contributed by atoms with Crippen molar-refractivity contribution >= 4 is 10.9 Å². The van der Waals surface area contributed by atoms with Gasteiger partial charge in [-0.2, -0.15) is 0 Å². The van der Waals surface area contributed by atoms with E-state index in [1.807, 2.05) is 6.07 Å². The summed E-state index contributed by atoms with van der Waals surface area (Å²) < 4.78 is 15.4. The van der Waals surface area contributed by atoms with Gasteiger partial charge in [0.25, 0.3) is 0 Å². The van der Waals surface area contributed by atoms with Gasteiger partial charge in [-0.05, 0) is 49.6 Å². The molecule has 2 aromatic rings. The molecule has 1 aliphatic heterocycles. The molecule has 0 aliphatic carbocycles. The van der Waals surface area contributed by atoms with E-state index in [1.54, 1.807) is 6.07 Å². The number of rotatable bonds is 1. The van der Waals surface area contributed by atoms with E-state index < -0.39 is 0 Å². The summed E-state index contributed by atoms with van der Waals surface area (Å²) in [6, 6.07) is 7.17. The maximum absolute atomic E-state index is 13.2. The highest BCUT2D eigenvalue weighted by Gasteiger charge is 2.19. The van der Waals surface area contributed by atoms with Gasteiger partial charge < -0.3 is 10.3 Å². The van der Waals surface area contributed by atoms with Crippen LogP contribution in [0, 0.1) is 11.7 Å². The van der Waals surface area contributed by atoms with Crippen LogP contribution in [-0.4, -0.2) is 11.1 Å². The molecule has 2 heterocycles. The van der Waals surface area contributed by atoms with Crippen molar-refractivity contribution in [1.82, 2.24) is 4.57 Å². The van der Waals surface area contributed by atoms with Gasteiger partial charge in [0.05, 0.1) is 5.52 Å². The molecule has 84 valence electrons. The van der Waals surface area contributed by atoms with Crippen molar-refractivity contribution in [3.05, 3.63) is 35.8 Å². The van der Waals surface area contributed by atoms with Crippen LogP contribution in [0.1, 0.15) is 12.1 Å². The molecule has 0 amide bonds. The first-order valence-corrected chi connectivity index (χ1v) is 5.75. The Labute approximate surface area is 93.9 Å². The highest BCUT2D eigenvalue weighted by Crippen LogP contribution is 2.28. The fourth-order valence-corrected chi connectivity index (χ4v) is 2.63. The Morgan fingerprint density at radius 2 is 2.25 bits per heavy atom. The molecule has 1 aromatic heterocycles. The Morgan fingerprint density at radius 1 is 1.38 bits per heavy atom. The van der Waals surface area contributed by atoms with Crippen molar-refractivity contribution < 1.29 is 4.39 Å². The molecule has 0 radical (unpaired) electrons. The van der Waals surface area contributed by atoms with Gasteiger partial charge in [-0.25, -0.2) is 4.39 Å². The molecule has 2 N–H and O–H groups in total. The Morgan fingerprint density at radius 3 is 3.06 bits per heavy atom. The first-order chi connectivity index (χ1) is 7.78. The Kier molecular flexibility index (Phi) is 2.21. The Hall–Kier alpha value is -1.35. The molecule has 0 bridgehead atoms. The molecular weight excluding hydrogens is 203 g/mol. The quantitative estimate of drug-likeness (QED) is 0.782. The predicted octanol–water partition coefficient (Wildman–Crippen LogP) is 2.30. The van der Waals surface area contributed by atoms with Crippen LogP contribution in [0.25, 0.3) is 10.9 Å². The number of nitrogens with zero attached hydrogens (tertiary/aromatic N) is 1. The van der Waals surface area contributed by atoms with Gasteiger partial charge in [-0.15, -0.1) is 0 Å². The van der Waals surface area contributed by atoms with Crippen LogP contribution in [0.2, 0.25) is 0 Å². The van der Waals surface area contributed by atoms with Crippen LogP contribution < -0.4 is 5.73 Å². The number of benzene rings is 1. The summed E-state index contributed by atoms with van der Waals surface area (Å²) in [5.74, 6) is 0.427. The zero-order valence-electron chi connectivity index (χ0n) is 9.12.